The standard InChI is InChI=1S/C17H20FN5OS.ClH/c1-11-10-13(20-22(11)4)16(24)23(9-8-21(2)3)17-19-15-12(18)6-5-7-14(15)25-17;/h5-7,10H,8-9H2,1-4H3;1H. The molecule has 1 aromatic carbocycles. The maximum Gasteiger partial charge on any atom is 0.280 e. The van der Waals surface area contributed by atoms with Gasteiger partial charge >= 0.3 is 0 Å². The molecular weight excluding hydrogens is 377 g/mol. The molecule has 0 spiro atoms. The summed E-state index contributed by atoms with van der Waals surface area (Å²) in [5, 5.41) is 4.75. The summed E-state index contributed by atoms with van der Waals surface area (Å²) in [5.41, 5.74) is 1.55. The quantitative estimate of drug-likeness (QED) is 0.663. The lowest BCUT2D eigenvalue weighted by atomic mass is 10.3. The normalized spacial score (nSPS) is 11.0. The Bertz CT molecular complexity index is 904. The third-order valence-corrected chi connectivity index (χ3v) is 4.98. The number of thiazole rings is 1. The van der Waals surface area contributed by atoms with E-state index in [2.05, 4.69) is 10.1 Å². The molecule has 0 saturated heterocycles. The number of halogens is 2. The largest absolute Gasteiger partial charge is 0.308 e. The molecule has 0 unspecified atom stereocenters. The van der Waals surface area contributed by atoms with Crippen LogP contribution in [0.5, 0.6) is 0 Å². The van der Waals surface area contributed by atoms with Crippen LogP contribution in [0, 0.1) is 12.7 Å². The Morgan fingerprint density at radius 3 is 2.62 bits per heavy atom. The predicted molar refractivity (Wildman–Crippen MR) is 105 cm³/mol. The van der Waals surface area contributed by atoms with Crippen molar-refractivity contribution in [3.05, 3.63) is 41.5 Å². The second-order valence-corrected chi connectivity index (χ2v) is 7.15. The molecule has 0 aliphatic heterocycles. The number of hydrogen-bond acceptors (Lipinski definition) is 5. The molecule has 0 atom stereocenters. The minimum absolute atomic E-state index is 0. The van der Waals surface area contributed by atoms with Gasteiger partial charge in [0.2, 0.25) is 0 Å². The van der Waals surface area contributed by atoms with Crippen LogP contribution in [0.2, 0.25) is 0 Å². The first-order valence-corrected chi connectivity index (χ1v) is 8.70. The summed E-state index contributed by atoms with van der Waals surface area (Å²) in [6, 6.07) is 6.58. The van der Waals surface area contributed by atoms with Gasteiger partial charge in [0, 0.05) is 25.8 Å². The minimum Gasteiger partial charge on any atom is -0.308 e. The third kappa shape index (κ3) is 4.03. The third-order valence-electron chi connectivity index (χ3n) is 3.94. The van der Waals surface area contributed by atoms with E-state index in [1.165, 1.54) is 17.4 Å². The van der Waals surface area contributed by atoms with Crippen LogP contribution in [0.3, 0.4) is 0 Å². The predicted octanol–water partition coefficient (Wildman–Crippen LogP) is 3.11. The molecule has 3 aromatic rings. The Hall–Kier alpha value is -2.03. The zero-order chi connectivity index (χ0) is 18.1. The van der Waals surface area contributed by atoms with E-state index in [-0.39, 0.29) is 24.1 Å². The van der Waals surface area contributed by atoms with Crippen molar-refractivity contribution < 1.29 is 9.18 Å². The Labute approximate surface area is 161 Å². The maximum absolute atomic E-state index is 14.0. The van der Waals surface area contributed by atoms with Gasteiger partial charge in [-0.05, 0) is 39.2 Å². The van der Waals surface area contributed by atoms with Crippen molar-refractivity contribution in [3.8, 4) is 0 Å². The van der Waals surface area contributed by atoms with Gasteiger partial charge in [-0.1, -0.05) is 17.4 Å². The highest BCUT2D eigenvalue weighted by Crippen LogP contribution is 2.31. The number of carbonyl (C=O) groups is 1. The molecular formula is C17H21ClFN5OS. The number of amides is 1. The number of benzene rings is 1. The van der Waals surface area contributed by atoms with Crippen LogP contribution in [-0.4, -0.2) is 52.8 Å². The average Bonchev–Trinajstić information content (AvgIpc) is 3.12. The lowest BCUT2D eigenvalue weighted by molar-refractivity contribution is 0.0979. The first kappa shape index (κ1) is 20.3. The fraction of sp³-hybridized carbons (Fsp3) is 0.353. The van der Waals surface area contributed by atoms with Crippen LogP contribution in [0.1, 0.15) is 16.2 Å². The Kier molecular flexibility index (Phi) is 6.33. The number of carbonyl (C=O) groups excluding carboxylic acids is 1. The zero-order valence-corrected chi connectivity index (χ0v) is 16.7. The van der Waals surface area contributed by atoms with Crippen molar-refractivity contribution in [2.75, 3.05) is 32.1 Å². The fourth-order valence-electron chi connectivity index (χ4n) is 2.41. The van der Waals surface area contributed by atoms with Gasteiger partial charge in [0.15, 0.2) is 10.8 Å². The van der Waals surface area contributed by atoms with Gasteiger partial charge in [0.1, 0.15) is 11.3 Å². The molecule has 0 saturated carbocycles. The van der Waals surface area contributed by atoms with Crippen molar-refractivity contribution in [2.24, 2.45) is 7.05 Å². The average molecular weight is 398 g/mol. The number of fused-ring (bicyclic) bond motifs is 1. The summed E-state index contributed by atoms with van der Waals surface area (Å²) in [5.74, 6) is -0.612. The summed E-state index contributed by atoms with van der Waals surface area (Å²) in [6.07, 6.45) is 0. The summed E-state index contributed by atoms with van der Waals surface area (Å²) < 4.78 is 16.4. The van der Waals surface area contributed by atoms with Crippen molar-refractivity contribution >= 4 is 45.0 Å². The lowest BCUT2D eigenvalue weighted by Crippen LogP contribution is -2.37. The molecule has 0 N–H and O–H groups in total. The number of aromatic nitrogens is 3. The molecule has 0 radical (unpaired) electrons. The van der Waals surface area contributed by atoms with Gasteiger partial charge in [-0.25, -0.2) is 9.37 Å². The van der Waals surface area contributed by atoms with Crippen molar-refractivity contribution in [1.82, 2.24) is 19.7 Å². The van der Waals surface area contributed by atoms with Gasteiger partial charge in [0.25, 0.3) is 5.91 Å². The first-order valence-electron chi connectivity index (χ1n) is 7.89. The molecule has 0 aliphatic rings. The molecule has 1 amide bonds. The second-order valence-electron chi connectivity index (χ2n) is 6.14. The van der Waals surface area contributed by atoms with Gasteiger partial charge in [-0.2, -0.15) is 5.10 Å². The molecule has 26 heavy (non-hydrogen) atoms. The van der Waals surface area contributed by atoms with Crippen LogP contribution in [0.25, 0.3) is 10.2 Å². The second kappa shape index (κ2) is 8.11. The molecule has 3 rings (SSSR count). The number of rotatable bonds is 5. The van der Waals surface area contributed by atoms with Crippen molar-refractivity contribution in [1.29, 1.82) is 0 Å². The smallest absolute Gasteiger partial charge is 0.280 e. The number of para-hydroxylation sites is 1. The summed E-state index contributed by atoms with van der Waals surface area (Å²) >= 11 is 1.31. The molecule has 6 nitrogen and oxygen atoms in total. The summed E-state index contributed by atoms with van der Waals surface area (Å²) in [4.78, 5) is 20.9. The molecule has 2 aromatic heterocycles. The topological polar surface area (TPSA) is 54.3 Å². The van der Waals surface area contributed by atoms with Crippen LogP contribution in [0.4, 0.5) is 9.52 Å². The monoisotopic (exact) mass is 397 g/mol. The number of aryl methyl sites for hydroxylation is 2. The van der Waals surface area contributed by atoms with E-state index in [0.717, 1.165) is 10.4 Å². The van der Waals surface area contributed by atoms with Crippen molar-refractivity contribution in [2.45, 2.75) is 6.92 Å². The highest BCUT2D eigenvalue weighted by molar-refractivity contribution is 7.22. The summed E-state index contributed by atoms with van der Waals surface area (Å²) in [7, 11) is 5.67. The number of nitrogens with zero attached hydrogens (tertiary/aromatic N) is 5. The van der Waals surface area contributed by atoms with Crippen molar-refractivity contribution in [3.63, 3.8) is 0 Å². The highest BCUT2D eigenvalue weighted by Gasteiger charge is 2.24. The van der Waals surface area contributed by atoms with Gasteiger partial charge in [-0.3, -0.25) is 14.4 Å². The van der Waals surface area contributed by atoms with Gasteiger partial charge < -0.3 is 4.90 Å². The lowest BCUT2D eigenvalue weighted by Gasteiger charge is -2.21. The number of anilines is 1. The first-order chi connectivity index (χ1) is 11.9. The van der Waals surface area contributed by atoms with Gasteiger partial charge in [-0.15, -0.1) is 12.4 Å². The molecule has 9 heteroatoms. The SMILES string of the molecule is Cc1cc(C(=O)N(CCN(C)C)c2nc3c(F)cccc3s2)nn1C.Cl. The van der Waals surface area contributed by atoms with Crippen LogP contribution >= 0.6 is 23.7 Å². The van der Waals surface area contributed by atoms with E-state index in [0.29, 0.717) is 29.4 Å². The van der Waals surface area contributed by atoms with E-state index in [1.807, 2.05) is 25.9 Å². The number of hydrogen-bond donors (Lipinski definition) is 0. The fourth-order valence-corrected chi connectivity index (χ4v) is 3.41. The van der Waals surface area contributed by atoms with E-state index in [9.17, 15) is 9.18 Å². The molecule has 2 heterocycles. The molecule has 140 valence electrons. The van der Waals surface area contributed by atoms with E-state index in [1.54, 1.807) is 34.8 Å². The molecule has 0 bridgehead atoms. The Balaban J connectivity index is 0.00000243. The Morgan fingerprint density at radius 1 is 1.31 bits per heavy atom. The van der Waals surface area contributed by atoms with Crippen LogP contribution < -0.4 is 4.90 Å². The summed E-state index contributed by atoms with van der Waals surface area (Å²) in [6.45, 7) is 3.00. The molecule has 0 aliphatic carbocycles. The highest BCUT2D eigenvalue weighted by atomic mass is 35.5. The van der Waals surface area contributed by atoms with Crippen LogP contribution in [-0.2, 0) is 7.05 Å². The zero-order valence-electron chi connectivity index (χ0n) is 15.1. The van der Waals surface area contributed by atoms with Gasteiger partial charge in [0.05, 0.1) is 4.70 Å². The minimum atomic E-state index is -0.381. The maximum atomic E-state index is 14.0. The van der Waals surface area contributed by atoms with E-state index < -0.39 is 0 Å². The van der Waals surface area contributed by atoms with E-state index >= 15 is 0 Å². The Morgan fingerprint density at radius 2 is 2.04 bits per heavy atom. The van der Waals surface area contributed by atoms with Crippen LogP contribution in [0.15, 0.2) is 24.3 Å². The molecule has 0 fully saturated rings. The number of likely N-dealkylation sites (N-methyl/N-ethyl adjacent to an activating group) is 1. The van der Waals surface area contributed by atoms with E-state index in [4.69, 9.17) is 0 Å².